The van der Waals surface area contributed by atoms with Gasteiger partial charge in [-0.05, 0) is 24.3 Å². The number of carbonyl (C=O) groups excluding carboxylic acids is 1. The van der Waals surface area contributed by atoms with Crippen molar-refractivity contribution in [2.75, 3.05) is 31.1 Å². The number of benzene rings is 2. The van der Waals surface area contributed by atoms with Crippen molar-refractivity contribution in [2.45, 2.75) is 0 Å². The molecule has 4 rings (SSSR count). The van der Waals surface area contributed by atoms with E-state index in [1.165, 1.54) is 18.2 Å². The molecule has 3 aromatic rings. The molecule has 1 fully saturated rings. The number of amides is 1. The molecule has 2 heterocycles. The predicted molar refractivity (Wildman–Crippen MR) is 101 cm³/mol. The number of carbonyl (C=O) groups is 1. The van der Waals surface area contributed by atoms with Gasteiger partial charge >= 0.3 is 0 Å². The van der Waals surface area contributed by atoms with Crippen molar-refractivity contribution in [3.63, 3.8) is 0 Å². The summed E-state index contributed by atoms with van der Waals surface area (Å²) in [4.78, 5) is 21.0. The van der Waals surface area contributed by atoms with Crippen LogP contribution in [-0.2, 0) is 0 Å². The van der Waals surface area contributed by atoms with Crippen molar-refractivity contribution >= 4 is 34.1 Å². The quantitative estimate of drug-likeness (QED) is 0.685. The summed E-state index contributed by atoms with van der Waals surface area (Å²) in [5, 5.41) is 1.23. The molecule has 0 saturated carbocycles. The first kappa shape index (κ1) is 16.8. The Labute approximate surface area is 155 Å². The van der Waals surface area contributed by atoms with E-state index in [2.05, 4.69) is 9.88 Å². The molecule has 26 heavy (non-hydrogen) atoms. The van der Waals surface area contributed by atoms with E-state index in [9.17, 15) is 9.18 Å². The monoisotopic (exact) mass is 369 g/mol. The third kappa shape index (κ3) is 2.99. The maximum atomic E-state index is 14.0. The first-order valence-electron chi connectivity index (χ1n) is 8.47. The van der Waals surface area contributed by atoms with Crippen LogP contribution in [0.15, 0.2) is 54.7 Å². The largest absolute Gasteiger partial charge is 0.366 e. The van der Waals surface area contributed by atoms with Crippen molar-refractivity contribution in [3.05, 3.63) is 71.1 Å². The highest BCUT2D eigenvalue weighted by molar-refractivity contribution is 6.33. The molecule has 1 saturated heterocycles. The van der Waals surface area contributed by atoms with Crippen molar-refractivity contribution in [1.29, 1.82) is 0 Å². The smallest absolute Gasteiger partial charge is 0.258 e. The van der Waals surface area contributed by atoms with Crippen molar-refractivity contribution in [1.82, 2.24) is 9.88 Å². The Morgan fingerprint density at radius 1 is 1.00 bits per heavy atom. The van der Waals surface area contributed by atoms with Gasteiger partial charge in [-0.25, -0.2) is 4.39 Å². The summed E-state index contributed by atoms with van der Waals surface area (Å²) in [5.41, 5.74) is 1.96. The van der Waals surface area contributed by atoms with E-state index in [4.69, 9.17) is 11.6 Å². The third-order valence-corrected chi connectivity index (χ3v) is 5.01. The lowest BCUT2D eigenvalue weighted by Gasteiger charge is -2.36. The van der Waals surface area contributed by atoms with Gasteiger partial charge in [0.05, 0.1) is 21.8 Å². The molecule has 0 spiro atoms. The van der Waals surface area contributed by atoms with Crippen LogP contribution >= 0.6 is 11.6 Å². The van der Waals surface area contributed by atoms with Gasteiger partial charge in [0, 0.05) is 37.8 Å². The van der Waals surface area contributed by atoms with Crippen LogP contribution in [0.4, 0.5) is 10.1 Å². The lowest BCUT2D eigenvalue weighted by Crippen LogP contribution is -2.49. The molecule has 2 aromatic carbocycles. The molecule has 4 nitrogen and oxygen atoms in total. The molecule has 6 heteroatoms. The summed E-state index contributed by atoms with van der Waals surface area (Å²) in [6.07, 6.45) is 1.78. The molecule has 1 aromatic heterocycles. The molecule has 0 bridgehead atoms. The Morgan fingerprint density at radius 3 is 2.50 bits per heavy atom. The number of hydrogen-bond donors (Lipinski definition) is 0. The molecule has 1 aliphatic heterocycles. The Kier molecular flexibility index (Phi) is 4.47. The van der Waals surface area contributed by atoms with E-state index in [1.54, 1.807) is 11.1 Å². The van der Waals surface area contributed by atoms with E-state index >= 15 is 0 Å². The molecule has 1 aliphatic rings. The Morgan fingerprint density at radius 2 is 1.73 bits per heavy atom. The van der Waals surface area contributed by atoms with Crippen LogP contribution in [0, 0.1) is 5.82 Å². The zero-order chi connectivity index (χ0) is 18.1. The highest BCUT2D eigenvalue weighted by Crippen LogP contribution is 2.27. The van der Waals surface area contributed by atoms with Gasteiger partial charge in [-0.2, -0.15) is 0 Å². The number of hydrogen-bond acceptors (Lipinski definition) is 3. The maximum Gasteiger partial charge on any atom is 0.258 e. The van der Waals surface area contributed by atoms with Crippen LogP contribution in [-0.4, -0.2) is 42.0 Å². The number of rotatable bonds is 2. The second kappa shape index (κ2) is 6.92. The summed E-state index contributed by atoms with van der Waals surface area (Å²) >= 11 is 6.03. The average Bonchev–Trinajstić information content (AvgIpc) is 2.67. The zero-order valence-corrected chi connectivity index (χ0v) is 14.8. The standard InChI is InChI=1S/C20H17ClFN3O/c21-15-6-2-7-16(22)18(15)20(26)25-12-10-24(11-13-25)17-8-1-4-14-5-3-9-23-19(14)17/h1-9H,10-13H2. The summed E-state index contributed by atoms with van der Waals surface area (Å²) in [7, 11) is 0. The van der Waals surface area contributed by atoms with Crippen LogP contribution in [0.5, 0.6) is 0 Å². The highest BCUT2D eigenvalue weighted by atomic mass is 35.5. The van der Waals surface area contributed by atoms with Gasteiger partial charge in [-0.3, -0.25) is 9.78 Å². The van der Waals surface area contributed by atoms with E-state index in [0.29, 0.717) is 26.2 Å². The van der Waals surface area contributed by atoms with E-state index < -0.39 is 5.82 Å². The second-order valence-electron chi connectivity index (χ2n) is 6.23. The van der Waals surface area contributed by atoms with Crippen LogP contribution in [0.1, 0.15) is 10.4 Å². The van der Waals surface area contributed by atoms with E-state index in [1.807, 2.05) is 30.3 Å². The molecular formula is C20H17ClFN3O. The van der Waals surface area contributed by atoms with Gasteiger partial charge in [-0.1, -0.05) is 35.9 Å². The Bertz CT molecular complexity index is 945. The fourth-order valence-electron chi connectivity index (χ4n) is 3.35. The summed E-state index contributed by atoms with van der Waals surface area (Å²) in [5.74, 6) is -0.938. The molecule has 132 valence electrons. The number of anilines is 1. The van der Waals surface area contributed by atoms with Crippen LogP contribution < -0.4 is 4.90 Å². The number of nitrogens with zero attached hydrogens (tertiary/aromatic N) is 3. The second-order valence-corrected chi connectivity index (χ2v) is 6.64. The fourth-order valence-corrected chi connectivity index (χ4v) is 3.60. The minimum absolute atomic E-state index is 0.0468. The molecule has 0 radical (unpaired) electrons. The summed E-state index contributed by atoms with van der Waals surface area (Å²) < 4.78 is 14.0. The van der Waals surface area contributed by atoms with Crippen molar-refractivity contribution in [3.8, 4) is 0 Å². The van der Waals surface area contributed by atoms with Gasteiger partial charge in [0.2, 0.25) is 0 Å². The lowest BCUT2D eigenvalue weighted by atomic mass is 10.1. The normalized spacial score (nSPS) is 14.7. The predicted octanol–water partition coefficient (Wildman–Crippen LogP) is 3.99. The molecule has 1 amide bonds. The van der Waals surface area contributed by atoms with Gasteiger partial charge < -0.3 is 9.80 Å². The first-order chi connectivity index (χ1) is 12.6. The van der Waals surface area contributed by atoms with Crippen LogP contribution in [0.25, 0.3) is 10.9 Å². The molecule has 0 N–H and O–H groups in total. The van der Waals surface area contributed by atoms with E-state index in [-0.39, 0.29) is 16.5 Å². The summed E-state index contributed by atoms with van der Waals surface area (Å²) in [6.45, 7) is 2.33. The average molecular weight is 370 g/mol. The van der Waals surface area contributed by atoms with Gasteiger partial charge in [0.15, 0.2) is 0 Å². The minimum Gasteiger partial charge on any atom is -0.366 e. The van der Waals surface area contributed by atoms with Crippen LogP contribution in [0.2, 0.25) is 5.02 Å². The number of pyridine rings is 1. The topological polar surface area (TPSA) is 36.4 Å². The molecule has 0 unspecified atom stereocenters. The maximum absolute atomic E-state index is 14.0. The molecule has 0 aliphatic carbocycles. The highest BCUT2D eigenvalue weighted by Gasteiger charge is 2.26. The molecule has 0 atom stereocenters. The van der Waals surface area contributed by atoms with Gasteiger partial charge in [-0.15, -0.1) is 0 Å². The minimum atomic E-state index is -0.580. The van der Waals surface area contributed by atoms with Crippen molar-refractivity contribution < 1.29 is 9.18 Å². The van der Waals surface area contributed by atoms with Gasteiger partial charge in [0.25, 0.3) is 5.91 Å². The molecular weight excluding hydrogens is 353 g/mol. The zero-order valence-electron chi connectivity index (χ0n) is 14.0. The third-order valence-electron chi connectivity index (χ3n) is 4.70. The lowest BCUT2D eigenvalue weighted by molar-refractivity contribution is 0.0742. The number of piperazine rings is 1. The SMILES string of the molecule is O=C(c1c(F)cccc1Cl)N1CCN(c2cccc3cccnc23)CC1. The Balaban J connectivity index is 1.53. The number of aromatic nitrogens is 1. The Hall–Kier alpha value is -2.66. The van der Waals surface area contributed by atoms with E-state index in [0.717, 1.165) is 16.6 Å². The first-order valence-corrected chi connectivity index (χ1v) is 8.85. The number of fused-ring (bicyclic) bond motifs is 1. The number of halogens is 2. The van der Waals surface area contributed by atoms with Crippen molar-refractivity contribution in [2.24, 2.45) is 0 Å². The number of para-hydroxylation sites is 1. The fraction of sp³-hybridized carbons (Fsp3) is 0.200. The summed E-state index contributed by atoms with van der Waals surface area (Å²) in [6, 6.07) is 14.3. The van der Waals surface area contributed by atoms with Crippen LogP contribution in [0.3, 0.4) is 0 Å². The van der Waals surface area contributed by atoms with Gasteiger partial charge in [0.1, 0.15) is 5.82 Å².